The van der Waals surface area contributed by atoms with Crippen LogP contribution in [-0.2, 0) is 4.79 Å². The molecule has 0 aliphatic heterocycles. The van der Waals surface area contributed by atoms with Gasteiger partial charge in [0.1, 0.15) is 0 Å². The molecule has 142 valence electrons. The summed E-state index contributed by atoms with van der Waals surface area (Å²) in [5.41, 5.74) is 0. The van der Waals surface area contributed by atoms with Crippen LogP contribution in [0.2, 0.25) is 0 Å². The van der Waals surface area contributed by atoms with Crippen molar-refractivity contribution >= 4 is 5.91 Å². The van der Waals surface area contributed by atoms with Crippen molar-refractivity contribution in [3.8, 4) is 0 Å². The molecule has 3 heteroatoms. The first-order valence-electron chi connectivity index (χ1n) is 10.3. The van der Waals surface area contributed by atoms with Gasteiger partial charge in [0.05, 0.1) is 12.1 Å². The number of allylic oxidation sites excluding steroid dienone is 1. The highest BCUT2D eigenvalue weighted by atomic mass is 16.3. The van der Waals surface area contributed by atoms with Gasteiger partial charge in [-0.2, -0.15) is 0 Å². The van der Waals surface area contributed by atoms with Crippen LogP contribution in [-0.4, -0.2) is 23.2 Å². The minimum Gasteiger partial charge on any atom is -0.387 e. The van der Waals surface area contributed by atoms with Gasteiger partial charge in [-0.05, 0) is 26.2 Å². The van der Waals surface area contributed by atoms with Gasteiger partial charge in [-0.3, -0.25) is 4.79 Å². The molecule has 0 spiro atoms. The van der Waals surface area contributed by atoms with Crippen LogP contribution in [0, 0.1) is 0 Å². The summed E-state index contributed by atoms with van der Waals surface area (Å²) in [7, 11) is 0. The Kier molecular flexibility index (Phi) is 16.4. The standard InChI is InChI=1S/C21H41NO2/c1-4-6-7-8-9-10-11-12-13-14-15-16-18-20(23)19(3)22-21(24)17-5-2/h16,18-20,23H,4-15,17H2,1-3H3,(H,22,24)/b18-16+/t19-,20-/m0/s1. The highest BCUT2D eigenvalue weighted by molar-refractivity contribution is 5.76. The summed E-state index contributed by atoms with van der Waals surface area (Å²) < 4.78 is 0. The van der Waals surface area contributed by atoms with Crippen LogP contribution in [0.1, 0.15) is 104 Å². The molecule has 0 unspecified atom stereocenters. The van der Waals surface area contributed by atoms with Gasteiger partial charge in [0.25, 0.3) is 0 Å². The van der Waals surface area contributed by atoms with Crippen molar-refractivity contribution in [1.82, 2.24) is 5.32 Å². The van der Waals surface area contributed by atoms with Gasteiger partial charge in [-0.1, -0.05) is 83.8 Å². The summed E-state index contributed by atoms with van der Waals surface area (Å²) in [6, 6.07) is -0.215. The van der Waals surface area contributed by atoms with Crippen molar-refractivity contribution in [3.05, 3.63) is 12.2 Å². The third kappa shape index (κ3) is 14.7. The molecule has 0 aromatic carbocycles. The first-order valence-corrected chi connectivity index (χ1v) is 10.3. The van der Waals surface area contributed by atoms with E-state index >= 15 is 0 Å². The molecule has 0 fully saturated rings. The predicted molar refractivity (Wildman–Crippen MR) is 104 cm³/mol. The maximum Gasteiger partial charge on any atom is 0.220 e. The molecule has 0 saturated heterocycles. The molecule has 0 bridgehead atoms. The van der Waals surface area contributed by atoms with Crippen molar-refractivity contribution in [1.29, 1.82) is 0 Å². The molecule has 2 atom stereocenters. The fourth-order valence-electron chi connectivity index (χ4n) is 2.79. The first-order chi connectivity index (χ1) is 11.6. The Morgan fingerprint density at radius 1 is 0.917 bits per heavy atom. The van der Waals surface area contributed by atoms with E-state index in [0.29, 0.717) is 6.42 Å². The fraction of sp³-hybridized carbons (Fsp3) is 0.857. The van der Waals surface area contributed by atoms with E-state index in [4.69, 9.17) is 0 Å². The molecular weight excluding hydrogens is 298 g/mol. The number of rotatable bonds is 16. The summed E-state index contributed by atoms with van der Waals surface area (Å²) in [6.45, 7) is 6.09. The largest absolute Gasteiger partial charge is 0.387 e. The Hall–Kier alpha value is -0.830. The third-order valence-electron chi connectivity index (χ3n) is 4.44. The normalized spacial score (nSPS) is 14.0. The van der Waals surface area contributed by atoms with Crippen LogP contribution in [0.15, 0.2) is 12.2 Å². The summed E-state index contributed by atoms with van der Waals surface area (Å²) in [5.74, 6) is 0.0205. The molecule has 2 N–H and O–H groups in total. The SMILES string of the molecule is CCCCCCCCCCCC/C=C/[C@H](O)[C@H](C)NC(=O)CCC. The van der Waals surface area contributed by atoms with Gasteiger partial charge in [0, 0.05) is 6.42 Å². The van der Waals surface area contributed by atoms with E-state index in [2.05, 4.69) is 18.3 Å². The minimum absolute atomic E-state index is 0.0205. The maximum absolute atomic E-state index is 11.5. The molecule has 0 heterocycles. The average Bonchev–Trinajstić information content (AvgIpc) is 2.55. The fourth-order valence-corrected chi connectivity index (χ4v) is 2.79. The quantitative estimate of drug-likeness (QED) is 0.287. The lowest BCUT2D eigenvalue weighted by atomic mass is 10.1. The van der Waals surface area contributed by atoms with Gasteiger partial charge < -0.3 is 10.4 Å². The molecule has 0 radical (unpaired) electrons. The van der Waals surface area contributed by atoms with Crippen molar-refractivity contribution in [2.24, 2.45) is 0 Å². The summed E-state index contributed by atoms with van der Waals surface area (Å²) in [4.78, 5) is 11.5. The number of amides is 1. The number of unbranched alkanes of at least 4 members (excludes halogenated alkanes) is 10. The molecular formula is C21H41NO2. The molecule has 0 aromatic rings. The second-order valence-electron chi connectivity index (χ2n) is 7.00. The highest BCUT2D eigenvalue weighted by Crippen LogP contribution is 2.11. The van der Waals surface area contributed by atoms with Crippen LogP contribution < -0.4 is 5.32 Å². The van der Waals surface area contributed by atoms with Crippen molar-refractivity contribution < 1.29 is 9.90 Å². The number of aliphatic hydroxyl groups is 1. The van der Waals surface area contributed by atoms with Gasteiger partial charge in [0.2, 0.25) is 5.91 Å². The van der Waals surface area contributed by atoms with Crippen LogP contribution in [0.5, 0.6) is 0 Å². The number of nitrogens with one attached hydrogen (secondary N) is 1. The summed E-state index contributed by atoms with van der Waals surface area (Å²) in [6.07, 6.45) is 19.1. The number of aliphatic hydroxyl groups excluding tert-OH is 1. The molecule has 0 saturated carbocycles. The molecule has 1 amide bonds. The Morgan fingerprint density at radius 2 is 1.46 bits per heavy atom. The number of carbonyl (C=O) groups excluding carboxylic acids is 1. The average molecular weight is 340 g/mol. The van der Waals surface area contributed by atoms with Crippen LogP contribution >= 0.6 is 0 Å². The maximum atomic E-state index is 11.5. The highest BCUT2D eigenvalue weighted by Gasteiger charge is 2.12. The zero-order valence-corrected chi connectivity index (χ0v) is 16.4. The molecule has 0 aromatic heterocycles. The molecule has 24 heavy (non-hydrogen) atoms. The van der Waals surface area contributed by atoms with E-state index in [1.165, 1.54) is 64.2 Å². The van der Waals surface area contributed by atoms with E-state index in [-0.39, 0.29) is 11.9 Å². The Labute approximate surface area is 150 Å². The monoisotopic (exact) mass is 339 g/mol. The van der Waals surface area contributed by atoms with E-state index in [1.54, 1.807) is 0 Å². The Balaban J connectivity index is 3.49. The molecule has 0 aliphatic carbocycles. The smallest absolute Gasteiger partial charge is 0.220 e. The Morgan fingerprint density at radius 3 is 2.00 bits per heavy atom. The second-order valence-corrected chi connectivity index (χ2v) is 7.00. The van der Waals surface area contributed by atoms with Gasteiger partial charge >= 0.3 is 0 Å². The van der Waals surface area contributed by atoms with Crippen LogP contribution in [0.25, 0.3) is 0 Å². The summed E-state index contributed by atoms with van der Waals surface area (Å²) >= 11 is 0. The zero-order chi connectivity index (χ0) is 18.0. The third-order valence-corrected chi connectivity index (χ3v) is 4.44. The zero-order valence-electron chi connectivity index (χ0n) is 16.4. The second kappa shape index (κ2) is 17.0. The topological polar surface area (TPSA) is 49.3 Å². The predicted octanol–water partition coefficient (Wildman–Crippen LogP) is 5.52. The first kappa shape index (κ1) is 23.2. The number of hydrogen-bond donors (Lipinski definition) is 2. The van der Waals surface area contributed by atoms with Gasteiger partial charge in [-0.25, -0.2) is 0 Å². The van der Waals surface area contributed by atoms with E-state index in [0.717, 1.165) is 12.8 Å². The van der Waals surface area contributed by atoms with E-state index in [9.17, 15) is 9.90 Å². The van der Waals surface area contributed by atoms with Crippen molar-refractivity contribution in [2.75, 3.05) is 0 Å². The van der Waals surface area contributed by atoms with Crippen LogP contribution in [0.3, 0.4) is 0 Å². The van der Waals surface area contributed by atoms with Crippen LogP contribution in [0.4, 0.5) is 0 Å². The van der Waals surface area contributed by atoms with Gasteiger partial charge in [0.15, 0.2) is 0 Å². The lowest BCUT2D eigenvalue weighted by Crippen LogP contribution is -2.40. The summed E-state index contributed by atoms with van der Waals surface area (Å²) in [5, 5.41) is 12.8. The molecule has 0 aliphatic rings. The lowest BCUT2D eigenvalue weighted by molar-refractivity contribution is -0.122. The minimum atomic E-state index is -0.589. The van der Waals surface area contributed by atoms with E-state index < -0.39 is 6.10 Å². The van der Waals surface area contributed by atoms with Crippen molar-refractivity contribution in [2.45, 2.75) is 116 Å². The van der Waals surface area contributed by atoms with Gasteiger partial charge in [-0.15, -0.1) is 0 Å². The number of hydrogen-bond acceptors (Lipinski definition) is 2. The Bertz CT molecular complexity index is 315. The lowest BCUT2D eigenvalue weighted by Gasteiger charge is -2.17. The number of carbonyl (C=O) groups is 1. The molecule has 0 rings (SSSR count). The molecule has 3 nitrogen and oxygen atoms in total. The van der Waals surface area contributed by atoms with E-state index in [1.807, 2.05) is 19.9 Å². The van der Waals surface area contributed by atoms with Crippen molar-refractivity contribution in [3.63, 3.8) is 0 Å².